The van der Waals surface area contributed by atoms with Crippen LogP contribution in [0, 0.1) is 5.92 Å². The van der Waals surface area contributed by atoms with Crippen LogP contribution in [0.25, 0.3) is 0 Å². The summed E-state index contributed by atoms with van der Waals surface area (Å²) in [7, 11) is 0. The lowest BCUT2D eigenvalue weighted by Gasteiger charge is -2.18. The summed E-state index contributed by atoms with van der Waals surface area (Å²) < 4.78 is 5.67. The van der Waals surface area contributed by atoms with E-state index in [0.717, 1.165) is 49.6 Å². The van der Waals surface area contributed by atoms with Crippen LogP contribution in [0.15, 0.2) is 41.9 Å². The fourth-order valence-electron chi connectivity index (χ4n) is 2.91. The second-order valence-corrected chi connectivity index (χ2v) is 6.04. The van der Waals surface area contributed by atoms with Gasteiger partial charge < -0.3 is 20.5 Å². The Hall–Kier alpha value is -1.28. The number of ether oxygens (including phenoxy) is 1. The number of aliphatic imine (C=N–C) groups is 1. The average Bonchev–Trinajstić information content (AvgIpc) is 3.01. The molecular weight excluding hydrogens is 429 g/mol. The minimum atomic E-state index is -0.187. The van der Waals surface area contributed by atoms with E-state index in [1.54, 1.807) is 6.08 Å². The van der Waals surface area contributed by atoms with Gasteiger partial charge in [0.1, 0.15) is 12.4 Å². The SMILES string of the molecule is C=CCOc1ccccc1CN=C(NCC)NCC1CCCC1O.I. The average molecular weight is 459 g/mol. The molecule has 1 fully saturated rings. The molecule has 25 heavy (non-hydrogen) atoms. The summed E-state index contributed by atoms with van der Waals surface area (Å²) in [6.45, 7) is 8.30. The molecule has 0 heterocycles. The number of guanidine groups is 1. The fourth-order valence-corrected chi connectivity index (χ4v) is 2.91. The molecule has 2 unspecified atom stereocenters. The molecule has 140 valence electrons. The molecule has 0 spiro atoms. The van der Waals surface area contributed by atoms with Crippen molar-refractivity contribution >= 4 is 29.9 Å². The number of hydrogen-bond donors (Lipinski definition) is 3. The molecule has 0 aliphatic heterocycles. The lowest BCUT2D eigenvalue weighted by Crippen LogP contribution is -2.41. The van der Waals surface area contributed by atoms with E-state index in [0.29, 0.717) is 19.1 Å². The van der Waals surface area contributed by atoms with Gasteiger partial charge in [0.15, 0.2) is 5.96 Å². The molecule has 0 saturated heterocycles. The van der Waals surface area contributed by atoms with Gasteiger partial charge in [0.25, 0.3) is 0 Å². The Morgan fingerprint density at radius 2 is 2.16 bits per heavy atom. The van der Waals surface area contributed by atoms with Crippen molar-refractivity contribution in [2.45, 2.75) is 38.8 Å². The normalized spacial score (nSPS) is 19.8. The summed E-state index contributed by atoms with van der Waals surface area (Å²) in [6, 6.07) is 7.91. The third-order valence-corrected chi connectivity index (χ3v) is 4.23. The summed E-state index contributed by atoms with van der Waals surface area (Å²) in [5, 5.41) is 16.5. The van der Waals surface area contributed by atoms with Crippen molar-refractivity contribution in [2.24, 2.45) is 10.9 Å². The van der Waals surface area contributed by atoms with Crippen molar-refractivity contribution in [3.63, 3.8) is 0 Å². The van der Waals surface area contributed by atoms with Crippen LogP contribution >= 0.6 is 24.0 Å². The van der Waals surface area contributed by atoms with E-state index in [9.17, 15) is 5.11 Å². The number of aliphatic hydroxyl groups excluding tert-OH is 1. The van der Waals surface area contributed by atoms with Crippen molar-refractivity contribution in [2.75, 3.05) is 19.7 Å². The van der Waals surface area contributed by atoms with E-state index in [2.05, 4.69) is 22.2 Å². The first kappa shape index (κ1) is 21.8. The summed E-state index contributed by atoms with van der Waals surface area (Å²) in [6.07, 6.45) is 4.64. The topological polar surface area (TPSA) is 65.9 Å². The molecule has 1 aromatic carbocycles. The molecule has 0 amide bonds. The predicted molar refractivity (Wildman–Crippen MR) is 114 cm³/mol. The molecule has 1 saturated carbocycles. The molecule has 1 aliphatic rings. The van der Waals surface area contributed by atoms with E-state index in [4.69, 9.17) is 4.74 Å². The first-order valence-electron chi connectivity index (χ1n) is 8.76. The molecule has 0 aromatic heterocycles. The van der Waals surface area contributed by atoms with Crippen LogP contribution in [0.5, 0.6) is 5.75 Å². The molecule has 1 aromatic rings. The van der Waals surface area contributed by atoms with Gasteiger partial charge in [-0.05, 0) is 25.8 Å². The van der Waals surface area contributed by atoms with Crippen LogP contribution in [0.1, 0.15) is 31.7 Å². The van der Waals surface area contributed by atoms with E-state index < -0.39 is 0 Å². The zero-order chi connectivity index (χ0) is 17.2. The number of halogens is 1. The minimum Gasteiger partial charge on any atom is -0.489 e. The van der Waals surface area contributed by atoms with Crippen molar-refractivity contribution < 1.29 is 9.84 Å². The van der Waals surface area contributed by atoms with Gasteiger partial charge in [-0.1, -0.05) is 37.3 Å². The van der Waals surface area contributed by atoms with Crippen LogP contribution in [0.2, 0.25) is 0 Å². The Morgan fingerprint density at radius 3 is 2.84 bits per heavy atom. The highest BCUT2D eigenvalue weighted by Gasteiger charge is 2.24. The molecule has 6 heteroatoms. The Bertz CT molecular complexity index is 551. The maximum Gasteiger partial charge on any atom is 0.191 e. The number of nitrogens with one attached hydrogen (secondary N) is 2. The molecule has 0 radical (unpaired) electrons. The number of nitrogens with zero attached hydrogens (tertiary/aromatic N) is 1. The monoisotopic (exact) mass is 459 g/mol. The smallest absolute Gasteiger partial charge is 0.191 e. The van der Waals surface area contributed by atoms with Gasteiger partial charge in [-0.3, -0.25) is 0 Å². The Balaban J connectivity index is 0.00000312. The van der Waals surface area contributed by atoms with E-state index in [1.807, 2.05) is 31.2 Å². The van der Waals surface area contributed by atoms with Gasteiger partial charge in [0.05, 0.1) is 12.6 Å². The standard InChI is InChI=1S/C19H29N3O2.HI/c1-3-12-24-18-11-6-5-8-16(18)14-22-19(20-4-2)21-13-15-9-7-10-17(15)23;/h3,5-6,8,11,15,17,23H,1,4,7,9-10,12-14H2,2H3,(H2,20,21,22);1H. The first-order chi connectivity index (χ1) is 11.7. The predicted octanol–water partition coefficient (Wildman–Crippen LogP) is 3.09. The van der Waals surface area contributed by atoms with Gasteiger partial charge in [0, 0.05) is 24.6 Å². The summed E-state index contributed by atoms with van der Waals surface area (Å²) in [4.78, 5) is 4.65. The largest absolute Gasteiger partial charge is 0.489 e. The molecule has 2 atom stereocenters. The van der Waals surface area contributed by atoms with Crippen LogP contribution in [0.3, 0.4) is 0 Å². The molecule has 3 N–H and O–H groups in total. The van der Waals surface area contributed by atoms with Crippen molar-refractivity contribution in [3.8, 4) is 5.75 Å². The highest BCUT2D eigenvalue weighted by Crippen LogP contribution is 2.24. The highest BCUT2D eigenvalue weighted by atomic mass is 127. The quantitative estimate of drug-likeness (QED) is 0.242. The first-order valence-corrected chi connectivity index (χ1v) is 8.76. The van der Waals surface area contributed by atoms with Gasteiger partial charge in [-0.25, -0.2) is 4.99 Å². The highest BCUT2D eigenvalue weighted by molar-refractivity contribution is 14.0. The van der Waals surface area contributed by atoms with Crippen LogP contribution < -0.4 is 15.4 Å². The minimum absolute atomic E-state index is 0. The summed E-state index contributed by atoms with van der Waals surface area (Å²) >= 11 is 0. The number of benzene rings is 1. The van der Waals surface area contributed by atoms with E-state index in [1.165, 1.54) is 0 Å². The fraction of sp³-hybridized carbons (Fsp3) is 0.526. The van der Waals surface area contributed by atoms with Crippen molar-refractivity contribution in [3.05, 3.63) is 42.5 Å². The van der Waals surface area contributed by atoms with E-state index >= 15 is 0 Å². The number of hydrogen-bond acceptors (Lipinski definition) is 3. The summed E-state index contributed by atoms with van der Waals surface area (Å²) in [5.41, 5.74) is 1.04. The van der Waals surface area contributed by atoms with Crippen molar-refractivity contribution in [1.82, 2.24) is 10.6 Å². The zero-order valence-electron chi connectivity index (χ0n) is 14.9. The number of para-hydroxylation sites is 1. The maximum absolute atomic E-state index is 9.93. The zero-order valence-corrected chi connectivity index (χ0v) is 17.2. The number of aliphatic hydroxyl groups is 1. The van der Waals surface area contributed by atoms with Crippen molar-refractivity contribution in [1.29, 1.82) is 0 Å². The maximum atomic E-state index is 9.93. The van der Waals surface area contributed by atoms with Gasteiger partial charge in [-0.15, -0.1) is 24.0 Å². The Morgan fingerprint density at radius 1 is 1.36 bits per heavy atom. The molecular formula is C19H30IN3O2. The third-order valence-electron chi connectivity index (χ3n) is 4.23. The van der Waals surface area contributed by atoms with Gasteiger partial charge in [-0.2, -0.15) is 0 Å². The number of rotatable bonds is 8. The van der Waals surface area contributed by atoms with Crippen LogP contribution in [-0.4, -0.2) is 36.9 Å². The van der Waals surface area contributed by atoms with Gasteiger partial charge in [0.2, 0.25) is 0 Å². The summed E-state index contributed by atoms with van der Waals surface area (Å²) in [5.74, 6) is 1.93. The second-order valence-electron chi connectivity index (χ2n) is 6.04. The van der Waals surface area contributed by atoms with Crippen LogP contribution in [-0.2, 0) is 6.54 Å². The van der Waals surface area contributed by atoms with Gasteiger partial charge >= 0.3 is 0 Å². The lowest BCUT2D eigenvalue weighted by molar-refractivity contribution is 0.134. The molecule has 0 bridgehead atoms. The van der Waals surface area contributed by atoms with E-state index in [-0.39, 0.29) is 30.1 Å². The molecule has 2 rings (SSSR count). The lowest BCUT2D eigenvalue weighted by atomic mass is 10.1. The molecule has 5 nitrogen and oxygen atoms in total. The van der Waals surface area contributed by atoms with Crippen LogP contribution in [0.4, 0.5) is 0 Å². The Labute approximate surface area is 168 Å². The molecule has 1 aliphatic carbocycles. The Kier molecular flexibility index (Phi) is 10.6. The second kappa shape index (κ2) is 12.1. The third kappa shape index (κ3) is 7.23.